The molecule has 0 amide bonds. The quantitative estimate of drug-likeness (QED) is 0.870. The Balaban J connectivity index is 2.11. The summed E-state index contributed by atoms with van der Waals surface area (Å²) in [7, 11) is 0. The minimum Gasteiger partial charge on any atom is -0.329 e. The molecule has 118 valence electrons. The molecule has 9 heteroatoms. The highest BCUT2D eigenvalue weighted by Crippen LogP contribution is 2.32. The first-order chi connectivity index (χ1) is 9.73. The maximum absolute atomic E-state index is 13.1. The van der Waals surface area contributed by atoms with E-state index >= 15 is 0 Å². The number of piperidine rings is 1. The zero-order chi connectivity index (χ0) is 15.7. The van der Waals surface area contributed by atoms with Crippen molar-refractivity contribution in [3.8, 4) is 0 Å². The molecule has 21 heavy (non-hydrogen) atoms. The van der Waals surface area contributed by atoms with Crippen LogP contribution in [0.5, 0.6) is 0 Å². The highest BCUT2D eigenvalue weighted by Gasteiger charge is 2.37. The predicted octanol–water partition coefficient (Wildman–Crippen LogP) is 2.23. The van der Waals surface area contributed by atoms with Gasteiger partial charge in [0.05, 0.1) is 6.04 Å². The third kappa shape index (κ3) is 3.85. The van der Waals surface area contributed by atoms with Crippen LogP contribution in [0.3, 0.4) is 0 Å². The lowest BCUT2D eigenvalue weighted by Gasteiger charge is -2.36. The van der Waals surface area contributed by atoms with Crippen LogP contribution in [0.1, 0.15) is 30.3 Å². The van der Waals surface area contributed by atoms with E-state index in [2.05, 4.69) is 9.97 Å². The molecule has 4 nitrogen and oxygen atoms in total. The smallest absolute Gasteiger partial charge is 0.329 e. The van der Waals surface area contributed by atoms with E-state index in [1.54, 1.807) is 4.90 Å². The number of aromatic nitrogens is 2. The van der Waals surface area contributed by atoms with Crippen LogP contribution in [0.25, 0.3) is 0 Å². The lowest BCUT2D eigenvalue weighted by molar-refractivity contribution is -0.145. The Labute approximate surface area is 118 Å². The molecular weight excluding hydrogens is 295 g/mol. The van der Waals surface area contributed by atoms with Crippen molar-refractivity contribution in [2.75, 3.05) is 19.6 Å². The molecule has 0 radical (unpaired) electrons. The summed E-state index contributed by atoms with van der Waals surface area (Å²) in [5, 5.41) is 0. The van der Waals surface area contributed by atoms with Gasteiger partial charge in [-0.3, -0.25) is 4.90 Å². The molecule has 1 fully saturated rings. The van der Waals surface area contributed by atoms with Crippen LogP contribution in [-0.4, -0.2) is 40.4 Å². The van der Waals surface area contributed by atoms with Crippen molar-refractivity contribution in [3.63, 3.8) is 0 Å². The Kier molecular flexibility index (Phi) is 4.43. The number of rotatable bonds is 3. The van der Waals surface area contributed by atoms with Gasteiger partial charge in [-0.2, -0.15) is 13.2 Å². The molecule has 0 spiro atoms. The van der Waals surface area contributed by atoms with Crippen LogP contribution in [-0.2, 0) is 6.18 Å². The van der Waals surface area contributed by atoms with Crippen molar-refractivity contribution in [2.24, 2.45) is 5.73 Å². The highest BCUT2D eigenvalue weighted by molar-refractivity contribution is 5.13. The van der Waals surface area contributed by atoms with E-state index in [0.717, 1.165) is 12.4 Å². The maximum Gasteiger partial charge on any atom is 0.451 e. The van der Waals surface area contributed by atoms with Crippen molar-refractivity contribution in [1.29, 1.82) is 0 Å². The SMILES string of the molecule is NCC(c1cnc(C(F)(F)F)nc1)N1CCC(F)(F)CC1. The van der Waals surface area contributed by atoms with E-state index in [4.69, 9.17) is 5.73 Å². The molecule has 1 atom stereocenters. The number of likely N-dealkylation sites (tertiary alicyclic amines) is 1. The minimum atomic E-state index is -4.61. The molecule has 1 unspecified atom stereocenters. The molecule has 2 heterocycles. The molecule has 0 bridgehead atoms. The summed E-state index contributed by atoms with van der Waals surface area (Å²) < 4.78 is 63.4. The zero-order valence-electron chi connectivity index (χ0n) is 11.1. The first kappa shape index (κ1) is 16.0. The van der Waals surface area contributed by atoms with E-state index in [0.29, 0.717) is 5.56 Å². The van der Waals surface area contributed by atoms with E-state index in [9.17, 15) is 22.0 Å². The van der Waals surface area contributed by atoms with Crippen molar-refractivity contribution in [3.05, 3.63) is 23.8 Å². The zero-order valence-corrected chi connectivity index (χ0v) is 11.1. The normalized spacial score (nSPS) is 21.2. The van der Waals surface area contributed by atoms with Crippen LogP contribution < -0.4 is 5.73 Å². The number of halogens is 5. The van der Waals surface area contributed by atoms with Crippen molar-refractivity contribution in [2.45, 2.75) is 31.0 Å². The first-order valence-electron chi connectivity index (χ1n) is 6.44. The van der Waals surface area contributed by atoms with Gasteiger partial charge in [0.1, 0.15) is 0 Å². The van der Waals surface area contributed by atoms with Gasteiger partial charge in [0.15, 0.2) is 0 Å². The summed E-state index contributed by atoms with van der Waals surface area (Å²) >= 11 is 0. The molecule has 1 aliphatic heterocycles. The summed E-state index contributed by atoms with van der Waals surface area (Å²) in [6.07, 6.45) is -3.07. The fraction of sp³-hybridized carbons (Fsp3) is 0.667. The summed E-state index contributed by atoms with van der Waals surface area (Å²) in [4.78, 5) is 8.28. The summed E-state index contributed by atoms with van der Waals surface area (Å²) in [6.45, 7) is 0.367. The summed E-state index contributed by atoms with van der Waals surface area (Å²) in [5.41, 5.74) is 6.02. The van der Waals surface area contributed by atoms with Crippen LogP contribution in [0, 0.1) is 0 Å². The van der Waals surface area contributed by atoms with Gasteiger partial charge in [0.25, 0.3) is 5.92 Å². The average Bonchev–Trinajstić information content (AvgIpc) is 2.41. The van der Waals surface area contributed by atoms with Gasteiger partial charge >= 0.3 is 6.18 Å². The van der Waals surface area contributed by atoms with E-state index < -0.39 is 24.0 Å². The summed E-state index contributed by atoms with van der Waals surface area (Å²) in [5.74, 6) is -3.92. The Bertz CT molecular complexity index is 464. The molecule has 1 aromatic heterocycles. The Hall–Kier alpha value is -1.35. The Morgan fingerprint density at radius 2 is 1.71 bits per heavy atom. The standard InChI is InChI=1S/C12H15F5N4/c13-11(14)1-3-21(4-2-11)9(5-18)8-6-19-10(20-7-8)12(15,16)17/h6-7,9H,1-5,18H2. The van der Waals surface area contributed by atoms with E-state index in [-0.39, 0.29) is 32.5 Å². The highest BCUT2D eigenvalue weighted by atomic mass is 19.4. The third-order valence-electron chi connectivity index (χ3n) is 3.50. The number of alkyl halides is 5. The number of nitrogens with zero attached hydrogens (tertiary/aromatic N) is 3. The monoisotopic (exact) mass is 310 g/mol. The molecule has 0 aliphatic carbocycles. The van der Waals surface area contributed by atoms with Crippen LogP contribution in [0.2, 0.25) is 0 Å². The predicted molar refractivity (Wildman–Crippen MR) is 64.6 cm³/mol. The second-order valence-electron chi connectivity index (χ2n) is 4.98. The number of hydrogen-bond acceptors (Lipinski definition) is 4. The Morgan fingerprint density at radius 3 is 2.14 bits per heavy atom. The molecule has 1 saturated heterocycles. The van der Waals surface area contributed by atoms with Gasteiger partial charge in [0.2, 0.25) is 5.82 Å². The van der Waals surface area contributed by atoms with E-state index in [1.165, 1.54) is 0 Å². The van der Waals surface area contributed by atoms with Crippen LogP contribution >= 0.6 is 0 Å². The van der Waals surface area contributed by atoms with Gasteiger partial charge in [0, 0.05) is 50.4 Å². The van der Waals surface area contributed by atoms with Crippen LogP contribution in [0.15, 0.2) is 12.4 Å². The fourth-order valence-electron chi connectivity index (χ4n) is 2.32. The van der Waals surface area contributed by atoms with Gasteiger partial charge in [-0.1, -0.05) is 0 Å². The third-order valence-corrected chi connectivity index (χ3v) is 3.50. The number of hydrogen-bond donors (Lipinski definition) is 1. The summed E-state index contributed by atoms with van der Waals surface area (Å²) in [6, 6.07) is -0.455. The van der Waals surface area contributed by atoms with Crippen molar-refractivity contribution in [1.82, 2.24) is 14.9 Å². The minimum absolute atomic E-state index is 0.0975. The first-order valence-corrected chi connectivity index (χ1v) is 6.44. The van der Waals surface area contributed by atoms with Crippen molar-refractivity contribution >= 4 is 0 Å². The molecule has 0 aromatic carbocycles. The molecular formula is C12H15F5N4. The average molecular weight is 310 g/mol. The van der Waals surface area contributed by atoms with Gasteiger partial charge in [-0.25, -0.2) is 18.7 Å². The second-order valence-corrected chi connectivity index (χ2v) is 4.98. The maximum atomic E-state index is 13.1. The van der Waals surface area contributed by atoms with Gasteiger partial charge < -0.3 is 5.73 Å². The molecule has 0 saturated carbocycles. The molecule has 1 aromatic rings. The molecule has 2 N–H and O–H groups in total. The molecule has 2 rings (SSSR count). The topological polar surface area (TPSA) is 55.0 Å². The van der Waals surface area contributed by atoms with Gasteiger partial charge in [-0.05, 0) is 0 Å². The lowest BCUT2D eigenvalue weighted by Crippen LogP contribution is -2.43. The number of nitrogens with two attached hydrogens (primary N) is 1. The fourth-order valence-corrected chi connectivity index (χ4v) is 2.32. The van der Waals surface area contributed by atoms with Crippen LogP contribution in [0.4, 0.5) is 22.0 Å². The van der Waals surface area contributed by atoms with Crippen molar-refractivity contribution < 1.29 is 22.0 Å². The lowest BCUT2D eigenvalue weighted by atomic mass is 10.0. The van der Waals surface area contributed by atoms with E-state index in [1.807, 2.05) is 0 Å². The largest absolute Gasteiger partial charge is 0.451 e. The Morgan fingerprint density at radius 1 is 1.19 bits per heavy atom. The molecule has 1 aliphatic rings. The second kappa shape index (κ2) is 5.80. The van der Waals surface area contributed by atoms with Gasteiger partial charge in [-0.15, -0.1) is 0 Å².